The maximum atomic E-state index is 11.5. The van der Waals surface area contributed by atoms with E-state index in [-0.39, 0.29) is 18.1 Å². The molecule has 0 spiro atoms. The van der Waals surface area contributed by atoms with E-state index >= 15 is 0 Å². The van der Waals surface area contributed by atoms with Crippen LogP contribution in [0, 0.1) is 0 Å². The molecule has 1 rings (SSSR count). The predicted octanol–water partition coefficient (Wildman–Crippen LogP) is 0.611. The van der Waals surface area contributed by atoms with Crippen LogP contribution in [0.15, 0.2) is 24.3 Å². The molecular weight excluding hydrogens is 226 g/mol. The van der Waals surface area contributed by atoms with Crippen molar-refractivity contribution in [2.45, 2.75) is 6.42 Å². The Kier molecular flexibility index (Phi) is 4.76. The molecule has 0 aliphatic rings. The third kappa shape index (κ3) is 3.83. The third-order valence-electron chi connectivity index (χ3n) is 2.30. The van der Waals surface area contributed by atoms with E-state index in [4.69, 9.17) is 10.5 Å². The van der Waals surface area contributed by atoms with E-state index in [0.717, 1.165) is 11.3 Å². The Bertz CT molecular complexity index is 429. The Morgan fingerprint density at radius 1 is 1.25 bits per heavy atom. The lowest BCUT2D eigenvalue weighted by Gasteiger charge is -2.08. The minimum atomic E-state index is -3.04. The summed E-state index contributed by atoms with van der Waals surface area (Å²) in [6, 6.07) is 7.42. The molecule has 16 heavy (non-hydrogen) atoms. The zero-order chi connectivity index (χ0) is 12.0. The van der Waals surface area contributed by atoms with Crippen molar-refractivity contribution < 1.29 is 13.2 Å². The number of hydrogen-bond acceptors (Lipinski definition) is 4. The van der Waals surface area contributed by atoms with Gasteiger partial charge in [-0.2, -0.15) is 0 Å². The van der Waals surface area contributed by atoms with Gasteiger partial charge in [-0.3, -0.25) is 0 Å². The molecule has 0 atom stereocenters. The zero-order valence-electron chi connectivity index (χ0n) is 9.35. The van der Waals surface area contributed by atoms with Gasteiger partial charge in [0.2, 0.25) is 0 Å². The van der Waals surface area contributed by atoms with Crippen molar-refractivity contribution in [3.05, 3.63) is 29.8 Å². The topological polar surface area (TPSA) is 69.4 Å². The largest absolute Gasteiger partial charge is 0.496 e. The first-order valence-electron chi connectivity index (χ1n) is 5.11. The Balaban J connectivity index is 2.68. The van der Waals surface area contributed by atoms with Crippen LogP contribution >= 0.6 is 0 Å². The fourth-order valence-corrected chi connectivity index (χ4v) is 2.55. The van der Waals surface area contributed by atoms with Crippen LogP contribution in [0.1, 0.15) is 5.56 Å². The van der Waals surface area contributed by atoms with Gasteiger partial charge in [0.05, 0.1) is 18.6 Å². The van der Waals surface area contributed by atoms with Crippen LogP contribution in [0.5, 0.6) is 5.75 Å². The van der Waals surface area contributed by atoms with Gasteiger partial charge in [-0.05, 0) is 18.1 Å². The summed E-state index contributed by atoms with van der Waals surface area (Å²) in [5.41, 5.74) is 6.14. The first-order chi connectivity index (χ1) is 7.59. The van der Waals surface area contributed by atoms with Gasteiger partial charge in [0, 0.05) is 6.54 Å². The fraction of sp³-hybridized carbons (Fsp3) is 0.455. The number of benzene rings is 1. The second-order valence-corrected chi connectivity index (χ2v) is 5.81. The minimum Gasteiger partial charge on any atom is -0.496 e. The van der Waals surface area contributed by atoms with Crippen LogP contribution in [-0.4, -0.2) is 33.6 Å². The van der Waals surface area contributed by atoms with Crippen molar-refractivity contribution in [3.8, 4) is 5.75 Å². The highest BCUT2D eigenvalue weighted by molar-refractivity contribution is 7.91. The molecule has 0 saturated heterocycles. The van der Waals surface area contributed by atoms with Gasteiger partial charge >= 0.3 is 0 Å². The van der Waals surface area contributed by atoms with E-state index in [1.807, 2.05) is 24.3 Å². The summed E-state index contributed by atoms with van der Waals surface area (Å²) in [5, 5.41) is 0. The van der Waals surface area contributed by atoms with E-state index < -0.39 is 9.84 Å². The molecule has 0 bridgehead atoms. The molecule has 0 heterocycles. The van der Waals surface area contributed by atoms with Crippen LogP contribution in [0.25, 0.3) is 0 Å². The Morgan fingerprint density at radius 2 is 1.94 bits per heavy atom. The number of para-hydroxylation sites is 1. The zero-order valence-corrected chi connectivity index (χ0v) is 10.2. The second-order valence-electron chi connectivity index (χ2n) is 3.50. The minimum absolute atomic E-state index is 0.0438. The number of hydrogen-bond donors (Lipinski definition) is 1. The number of aryl methyl sites for hydroxylation is 1. The quantitative estimate of drug-likeness (QED) is 0.795. The van der Waals surface area contributed by atoms with Crippen LogP contribution < -0.4 is 10.5 Å². The molecule has 0 amide bonds. The van der Waals surface area contributed by atoms with Gasteiger partial charge in [0.15, 0.2) is 9.84 Å². The second kappa shape index (κ2) is 5.86. The molecule has 0 aliphatic heterocycles. The Labute approximate surface area is 96.3 Å². The lowest BCUT2D eigenvalue weighted by atomic mass is 10.1. The van der Waals surface area contributed by atoms with Crippen LogP contribution in [0.2, 0.25) is 0 Å². The van der Waals surface area contributed by atoms with E-state index in [0.29, 0.717) is 6.42 Å². The molecule has 90 valence electrons. The summed E-state index contributed by atoms with van der Waals surface area (Å²) in [5.74, 6) is 0.887. The average Bonchev–Trinajstić information content (AvgIpc) is 2.27. The highest BCUT2D eigenvalue weighted by Gasteiger charge is 2.11. The number of rotatable bonds is 6. The smallest absolute Gasteiger partial charge is 0.151 e. The molecule has 0 aromatic heterocycles. The van der Waals surface area contributed by atoms with E-state index in [9.17, 15) is 8.42 Å². The highest BCUT2D eigenvalue weighted by atomic mass is 32.2. The summed E-state index contributed by atoms with van der Waals surface area (Å²) in [6.07, 6.45) is 0.465. The first kappa shape index (κ1) is 13.0. The molecule has 0 aliphatic carbocycles. The van der Waals surface area contributed by atoms with Gasteiger partial charge < -0.3 is 10.5 Å². The summed E-state index contributed by atoms with van der Waals surface area (Å²) >= 11 is 0. The summed E-state index contributed by atoms with van der Waals surface area (Å²) in [7, 11) is -1.46. The summed E-state index contributed by atoms with van der Waals surface area (Å²) < 4.78 is 28.1. The van der Waals surface area contributed by atoms with Crippen LogP contribution in [-0.2, 0) is 16.3 Å². The van der Waals surface area contributed by atoms with Crippen molar-refractivity contribution in [1.82, 2.24) is 0 Å². The summed E-state index contributed by atoms with van der Waals surface area (Å²) in [4.78, 5) is 0. The van der Waals surface area contributed by atoms with Crippen molar-refractivity contribution in [1.29, 1.82) is 0 Å². The van der Waals surface area contributed by atoms with E-state index in [1.165, 1.54) is 0 Å². The number of sulfone groups is 1. The molecule has 0 radical (unpaired) electrons. The van der Waals surface area contributed by atoms with Crippen molar-refractivity contribution in [2.24, 2.45) is 5.73 Å². The van der Waals surface area contributed by atoms with Gasteiger partial charge in [-0.1, -0.05) is 18.2 Å². The van der Waals surface area contributed by atoms with Crippen molar-refractivity contribution in [2.75, 3.05) is 25.2 Å². The van der Waals surface area contributed by atoms with E-state index in [1.54, 1.807) is 7.11 Å². The van der Waals surface area contributed by atoms with Crippen molar-refractivity contribution in [3.63, 3.8) is 0 Å². The molecule has 0 unspecified atom stereocenters. The van der Waals surface area contributed by atoms with Crippen LogP contribution in [0.3, 0.4) is 0 Å². The molecule has 1 aromatic carbocycles. The number of nitrogens with two attached hydrogens (primary N) is 1. The maximum Gasteiger partial charge on any atom is 0.151 e. The molecule has 1 aromatic rings. The lowest BCUT2D eigenvalue weighted by Crippen LogP contribution is -2.19. The number of ether oxygens (including phenoxy) is 1. The normalized spacial score (nSPS) is 11.4. The van der Waals surface area contributed by atoms with E-state index in [2.05, 4.69) is 0 Å². The fourth-order valence-electron chi connectivity index (χ4n) is 1.46. The average molecular weight is 243 g/mol. The van der Waals surface area contributed by atoms with Crippen molar-refractivity contribution >= 4 is 9.84 Å². The van der Waals surface area contributed by atoms with Gasteiger partial charge in [-0.15, -0.1) is 0 Å². The molecule has 2 N–H and O–H groups in total. The SMILES string of the molecule is COc1ccccc1CCS(=O)(=O)CCN. The lowest BCUT2D eigenvalue weighted by molar-refractivity contribution is 0.410. The van der Waals surface area contributed by atoms with Gasteiger partial charge in [0.25, 0.3) is 0 Å². The third-order valence-corrected chi connectivity index (χ3v) is 3.99. The molecule has 5 heteroatoms. The Hall–Kier alpha value is -1.07. The monoisotopic (exact) mass is 243 g/mol. The Morgan fingerprint density at radius 3 is 2.56 bits per heavy atom. The van der Waals surface area contributed by atoms with Gasteiger partial charge in [-0.25, -0.2) is 8.42 Å². The summed E-state index contributed by atoms with van der Waals surface area (Å²) in [6.45, 7) is 0.175. The molecule has 0 fully saturated rings. The standard InChI is InChI=1S/C11H17NO3S/c1-15-11-5-3-2-4-10(11)6-8-16(13,14)9-7-12/h2-5H,6-9,12H2,1H3. The molecule has 0 saturated carbocycles. The van der Waals surface area contributed by atoms with Gasteiger partial charge in [0.1, 0.15) is 5.75 Å². The number of methoxy groups -OCH3 is 1. The maximum absolute atomic E-state index is 11.5. The molecular formula is C11H17NO3S. The predicted molar refractivity (Wildman–Crippen MR) is 64.4 cm³/mol. The first-order valence-corrected chi connectivity index (χ1v) is 6.93. The highest BCUT2D eigenvalue weighted by Crippen LogP contribution is 2.18. The molecule has 4 nitrogen and oxygen atoms in total. The van der Waals surface area contributed by atoms with Crippen LogP contribution in [0.4, 0.5) is 0 Å².